The first kappa shape index (κ1) is 20.3. The van der Waals surface area contributed by atoms with E-state index in [4.69, 9.17) is 0 Å². The van der Waals surface area contributed by atoms with Crippen molar-refractivity contribution in [2.75, 3.05) is 47.0 Å². The molecule has 4 aromatic rings. The summed E-state index contributed by atoms with van der Waals surface area (Å²) < 4.78 is 0. The van der Waals surface area contributed by atoms with Crippen LogP contribution in [0.1, 0.15) is 34.1 Å². The number of rotatable bonds is 2. The maximum atomic E-state index is 2.71. The van der Waals surface area contributed by atoms with Crippen LogP contribution in [0.2, 0.25) is 0 Å². The lowest BCUT2D eigenvalue weighted by molar-refractivity contribution is 0.350. The summed E-state index contributed by atoms with van der Waals surface area (Å²) in [7, 11) is 4.46. The van der Waals surface area contributed by atoms with E-state index in [1.807, 2.05) is 0 Å². The fraction of sp³-hybridized carbons (Fsp3) is 0.250. The largest absolute Gasteiger partial charge is 0.355 e. The van der Waals surface area contributed by atoms with Crippen LogP contribution in [0.4, 0.5) is 22.7 Å². The van der Waals surface area contributed by atoms with Gasteiger partial charge in [-0.3, -0.25) is 0 Å². The van der Waals surface area contributed by atoms with E-state index in [1.54, 1.807) is 0 Å². The molecule has 4 heteroatoms. The number of nitrogens with zero attached hydrogens (tertiary/aromatic N) is 4. The minimum Gasteiger partial charge on any atom is -0.355 e. The molecule has 2 bridgehead atoms. The van der Waals surface area contributed by atoms with Crippen LogP contribution in [-0.2, 0) is 0 Å². The normalized spacial score (nSPS) is 25.1. The van der Waals surface area contributed by atoms with Crippen LogP contribution in [-0.4, -0.2) is 39.5 Å². The summed E-state index contributed by atoms with van der Waals surface area (Å²) in [5, 5.41) is 0. The van der Waals surface area contributed by atoms with Crippen LogP contribution >= 0.6 is 0 Å². The molecule has 2 unspecified atom stereocenters. The molecular formula is C32H30N4. The number of benzene rings is 4. The smallest absolute Gasteiger partial charge is 0.0905 e. The van der Waals surface area contributed by atoms with Gasteiger partial charge in [-0.1, -0.05) is 72.8 Å². The molecule has 2 heterocycles. The van der Waals surface area contributed by atoms with E-state index in [-0.39, 0.29) is 0 Å². The summed E-state index contributed by atoms with van der Waals surface area (Å²) in [4.78, 5) is 10.3. The minimum atomic E-state index is 0.324. The van der Waals surface area contributed by atoms with E-state index in [9.17, 15) is 0 Å². The van der Waals surface area contributed by atoms with Crippen LogP contribution in [0.25, 0.3) is 0 Å². The SMILES string of the molecule is CN1CN(C2C3c4ccccc4C(c4ccccc43)C2N2CN(C)c3ccccc32)c2ccccc21. The zero-order valence-electron chi connectivity index (χ0n) is 20.8. The molecule has 2 aliphatic heterocycles. The fourth-order valence-corrected chi connectivity index (χ4v) is 7.68. The third-order valence-electron chi connectivity index (χ3n) is 9.02. The average molecular weight is 471 g/mol. The summed E-state index contributed by atoms with van der Waals surface area (Å²) in [5.74, 6) is 0.648. The van der Waals surface area contributed by atoms with Gasteiger partial charge in [0, 0.05) is 25.9 Å². The van der Waals surface area contributed by atoms with Gasteiger partial charge >= 0.3 is 0 Å². The van der Waals surface area contributed by atoms with Gasteiger partial charge < -0.3 is 19.6 Å². The number of anilines is 4. The molecule has 178 valence electrons. The van der Waals surface area contributed by atoms with Gasteiger partial charge in [-0.25, -0.2) is 0 Å². The predicted molar refractivity (Wildman–Crippen MR) is 149 cm³/mol. The van der Waals surface area contributed by atoms with Gasteiger partial charge in [0.15, 0.2) is 0 Å². The Balaban J connectivity index is 1.39. The van der Waals surface area contributed by atoms with Gasteiger partial charge in [0.2, 0.25) is 0 Å². The zero-order valence-corrected chi connectivity index (χ0v) is 20.8. The molecule has 0 amide bonds. The zero-order chi connectivity index (χ0) is 24.0. The summed E-state index contributed by atoms with van der Waals surface area (Å²) in [6.45, 7) is 1.83. The van der Waals surface area contributed by atoms with Crippen molar-refractivity contribution >= 4 is 22.7 Å². The van der Waals surface area contributed by atoms with E-state index in [0.29, 0.717) is 23.9 Å². The van der Waals surface area contributed by atoms with E-state index in [1.165, 1.54) is 45.0 Å². The topological polar surface area (TPSA) is 13.0 Å². The Kier molecular flexibility index (Phi) is 4.11. The van der Waals surface area contributed by atoms with E-state index < -0.39 is 0 Å². The predicted octanol–water partition coefficient (Wildman–Crippen LogP) is 5.84. The van der Waals surface area contributed by atoms with Crippen LogP contribution in [0.15, 0.2) is 97.1 Å². The highest BCUT2D eigenvalue weighted by molar-refractivity contribution is 5.80. The summed E-state index contributed by atoms with van der Waals surface area (Å²) in [6, 6.07) is 37.0. The highest BCUT2D eigenvalue weighted by Gasteiger charge is 2.55. The molecule has 0 radical (unpaired) electrons. The van der Waals surface area contributed by atoms with Crippen molar-refractivity contribution in [2.24, 2.45) is 0 Å². The van der Waals surface area contributed by atoms with Gasteiger partial charge in [0.1, 0.15) is 0 Å². The van der Waals surface area contributed by atoms with E-state index in [2.05, 4.69) is 131 Å². The van der Waals surface area contributed by atoms with E-state index in [0.717, 1.165) is 13.3 Å². The molecule has 9 rings (SSSR count). The standard InChI is InChI=1S/C32H30N4/c1-33-19-35(27-17-9-7-15-25(27)33)31-29-21-11-3-5-13-23(21)30(24-14-6-4-12-22(24)29)32(31)36-20-34(2)26-16-8-10-18-28(26)36/h3-18,29-32H,19-20H2,1-2H3. The van der Waals surface area contributed by atoms with Crippen molar-refractivity contribution in [3.05, 3.63) is 119 Å². The Morgan fingerprint density at radius 1 is 0.444 bits per heavy atom. The highest BCUT2D eigenvalue weighted by atomic mass is 15.4. The van der Waals surface area contributed by atoms with Crippen LogP contribution in [0.3, 0.4) is 0 Å². The summed E-state index contributed by atoms with van der Waals surface area (Å²) in [5.41, 5.74) is 11.4. The molecule has 0 saturated carbocycles. The Labute approximate surface area is 213 Å². The average Bonchev–Trinajstić information content (AvgIpc) is 3.45. The highest BCUT2D eigenvalue weighted by Crippen LogP contribution is 2.58. The maximum Gasteiger partial charge on any atom is 0.0905 e. The van der Waals surface area contributed by atoms with Crippen LogP contribution in [0.5, 0.6) is 0 Å². The summed E-state index contributed by atoms with van der Waals surface area (Å²) in [6.07, 6.45) is 0. The van der Waals surface area contributed by atoms with Gasteiger partial charge in [-0.05, 0) is 46.5 Å². The van der Waals surface area contributed by atoms with Crippen LogP contribution < -0.4 is 19.6 Å². The molecule has 2 atom stereocenters. The monoisotopic (exact) mass is 470 g/mol. The molecule has 0 saturated heterocycles. The lowest BCUT2D eigenvalue weighted by Crippen LogP contribution is -2.62. The Hall–Kier alpha value is -3.92. The Morgan fingerprint density at radius 2 is 0.750 bits per heavy atom. The molecule has 0 aromatic heterocycles. The summed E-state index contributed by atoms with van der Waals surface area (Å²) >= 11 is 0. The first-order valence-electron chi connectivity index (χ1n) is 13.0. The molecule has 4 aromatic carbocycles. The van der Waals surface area contributed by atoms with Crippen LogP contribution in [0, 0.1) is 0 Å². The van der Waals surface area contributed by atoms with Gasteiger partial charge in [0.25, 0.3) is 0 Å². The van der Waals surface area contributed by atoms with Crippen molar-refractivity contribution in [1.82, 2.24) is 0 Å². The Bertz CT molecular complexity index is 1340. The Morgan fingerprint density at radius 3 is 1.11 bits per heavy atom. The van der Waals surface area contributed by atoms with Crippen molar-refractivity contribution < 1.29 is 0 Å². The maximum absolute atomic E-state index is 2.71. The molecule has 5 aliphatic rings. The quantitative estimate of drug-likeness (QED) is 0.365. The number of hydrogen-bond acceptors (Lipinski definition) is 4. The lowest BCUT2D eigenvalue weighted by atomic mass is 9.58. The second-order valence-electron chi connectivity index (χ2n) is 10.8. The molecule has 0 fully saturated rings. The molecule has 0 spiro atoms. The molecule has 4 nitrogen and oxygen atoms in total. The molecule has 3 aliphatic carbocycles. The van der Waals surface area contributed by atoms with Gasteiger partial charge in [0.05, 0.1) is 48.2 Å². The lowest BCUT2D eigenvalue weighted by Gasteiger charge is -2.56. The van der Waals surface area contributed by atoms with E-state index >= 15 is 0 Å². The third kappa shape index (κ3) is 2.54. The second-order valence-corrected chi connectivity index (χ2v) is 10.8. The van der Waals surface area contributed by atoms with Gasteiger partial charge in [-0.15, -0.1) is 0 Å². The van der Waals surface area contributed by atoms with Crippen molar-refractivity contribution in [1.29, 1.82) is 0 Å². The van der Waals surface area contributed by atoms with Crippen molar-refractivity contribution in [3.63, 3.8) is 0 Å². The van der Waals surface area contributed by atoms with Gasteiger partial charge in [-0.2, -0.15) is 0 Å². The first-order valence-corrected chi connectivity index (χ1v) is 13.0. The minimum absolute atomic E-state index is 0.324. The molecular weight excluding hydrogens is 440 g/mol. The third-order valence-corrected chi connectivity index (χ3v) is 9.02. The fourth-order valence-electron chi connectivity index (χ4n) is 7.68. The molecule has 36 heavy (non-hydrogen) atoms. The second kappa shape index (κ2) is 7.30. The number of hydrogen-bond donors (Lipinski definition) is 0. The number of fused-ring (bicyclic) bond motifs is 3. The van der Waals surface area contributed by atoms with Crippen molar-refractivity contribution in [2.45, 2.75) is 23.9 Å². The van der Waals surface area contributed by atoms with Crippen molar-refractivity contribution in [3.8, 4) is 0 Å². The molecule has 0 N–H and O–H groups in total. The number of para-hydroxylation sites is 4. The first-order chi connectivity index (χ1) is 17.7.